The lowest BCUT2D eigenvalue weighted by Gasteiger charge is -2.38. The zero-order chi connectivity index (χ0) is 34.8. The lowest BCUT2D eigenvalue weighted by atomic mass is 9.81. The summed E-state index contributed by atoms with van der Waals surface area (Å²) in [7, 11) is 0. The van der Waals surface area contributed by atoms with Gasteiger partial charge in [-0.25, -0.2) is 9.59 Å². The van der Waals surface area contributed by atoms with Crippen molar-refractivity contribution < 1.29 is 48.5 Å². The first-order chi connectivity index (χ1) is 21.4. The predicted molar refractivity (Wildman–Crippen MR) is 159 cm³/mol. The molecule has 2 fully saturated rings. The molecule has 0 unspecified atom stereocenters. The van der Waals surface area contributed by atoms with Crippen molar-refractivity contribution in [1.29, 1.82) is 0 Å². The monoisotopic (exact) mass is 658 g/mol. The van der Waals surface area contributed by atoms with E-state index in [0.717, 1.165) is 12.2 Å². The fraction of sp³-hybridized carbons (Fsp3) is 0.786. The third-order valence-electron chi connectivity index (χ3n) is 8.29. The molecule has 2 saturated carbocycles. The van der Waals surface area contributed by atoms with Crippen molar-refractivity contribution in [3.63, 3.8) is 0 Å². The molecule has 2 aliphatic carbocycles. The first-order valence-corrected chi connectivity index (χ1v) is 15.1. The van der Waals surface area contributed by atoms with Crippen LogP contribution in [0.2, 0.25) is 0 Å². The lowest BCUT2D eigenvalue weighted by Crippen LogP contribution is -2.55. The van der Waals surface area contributed by atoms with Crippen molar-refractivity contribution in [2.45, 2.75) is 102 Å². The third kappa shape index (κ3) is 11.4. The maximum atomic E-state index is 13.3. The minimum absolute atomic E-state index is 0.0491. The van der Waals surface area contributed by atoms with E-state index in [1.54, 1.807) is 0 Å². The summed E-state index contributed by atoms with van der Waals surface area (Å²) < 4.78 is 11.1. The minimum Gasteiger partial charge on any atom is -0.446 e. The summed E-state index contributed by atoms with van der Waals surface area (Å²) in [5.74, 6) is -3.37. The van der Waals surface area contributed by atoms with Gasteiger partial charge in [0.25, 0.3) is 22.0 Å². The number of nitrogens with zero attached hydrogens (tertiary/aromatic N) is 2. The Hall–Kier alpha value is -4.06. The molecule has 260 valence electrons. The highest BCUT2D eigenvalue weighted by atomic mass is 17.0. The molecule has 0 aromatic heterocycles. The van der Waals surface area contributed by atoms with Crippen molar-refractivity contribution in [3.8, 4) is 0 Å². The minimum atomic E-state index is -1.70. The molecule has 0 spiro atoms. The van der Waals surface area contributed by atoms with Crippen LogP contribution in [0.4, 0.5) is 0 Å². The molecule has 0 bridgehead atoms. The molecule has 0 radical (unpaired) electrons. The summed E-state index contributed by atoms with van der Waals surface area (Å²) in [5.41, 5.74) is 7.17. The van der Waals surface area contributed by atoms with Gasteiger partial charge in [0.05, 0.1) is 0 Å². The predicted octanol–water partition coefficient (Wildman–Crippen LogP) is 0.611. The van der Waals surface area contributed by atoms with Crippen molar-refractivity contribution in [2.24, 2.45) is 22.3 Å². The number of ether oxygens (including phenoxy) is 2. The van der Waals surface area contributed by atoms with Crippen LogP contribution in [-0.2, 0) is 38.3 Å². The number of hydrogen-bond donors (Lipinski definition) is 4. The Morgan fingerprint density at radius 1 is 0.717 bits per heavy atom. The Kier molecular flexibility index (Phi) is 13.2. The van der Waals surface area contributed by atoms with Crippen LogP contribution in [-0.4, -0.2) is 83.5 Å². The summed E-state index contributed by atoms with van der Waals surface area (Å²) >= 11 is 0. The van der Waals surface area contributed by atoms with E-state index in [-0.39, 0.29) is 77.5 Å². The maximum Gasteiger partial charge on any atom is 0.332 e. The smallest absolute Gasteiger partial charge is 0.332 e. The number of hydrogen-bond acceptors (Lipinski definition) is 14. The van der Waals surface area contributed by atoms with Gasteiger partial charge in [-0.2, -0.15) is 0 Å². The molecule has 0 aromatic carbocycles. The molecule has 2 amide bonds. The molecular weight excluding hydrogens is 612 g/mol. The van der Waals surface area contributed by atoms with Crippen LogP contribution in [0, 0.1) is 31.1 Å². The molecule has 6 N–H and O–H groups in total. The first kappa shape index (κ1) is 38.1. The average molecular weight is 659 g/mol. The SMILES string of the molecule is CC(C)(CN)CNC(=O)C1(OC(=O)/C=C/C(=O)OC2(C(=O)NCC(C)(C)CN)CCC(O[N+](=O)[O-])CC2)CCC(O[N+](=O)[O-])CC1. The molecule has 0 saturated heterocycles. The van der Waals surface area contributed by atoms with Gasteiger partial charge < -0.3 is 41.2 Å². The van der Waals surface area contributed by atoms with E-state index in [0.29, 0.717) is 0 Å². The van der Waals surface area contributed by atoms with Crippen molar-refractivity contribution in [3.05, 3.63) is 32.4 Å². The molecule has 0 heterocycles. The number of rotatable bonds is 16. The average Bonchev–Trinajstić information content (AvgIpc) is 2.99. The summed E-state index contributed by atoms with van der Waals surface area (Å²) in [5, 5.41) is 25.2. The first-order valence-electron chi connectivity index (χ1n) is 15.1. The van der Waals surface area contributed by atoms with E-state index < -0.39 is 68.2 Å². The maximum absolute atomic E-state index is 13.3. The largest absolute Gasteiger partial charge is 0.446 e. The van der Waals surface area contributed by atoms with Gasteiger partial charge >= 0.3 is 11.9 Å². The normalized spacial score (nSPS) is 25.2. The van der Waals surface area contributed by atoms with Crippen LogP contribution in [0.1, 0.15) is 79.1 Å². The van der Waals surface area contributed by atoms with Crippen molar-refractivity contribution in [2.75, 3.05) is 26.2 Å². The van der Waals surface area contributed by atoms with Gasteiger partial charge in [-0.1, -0.05) is 27.7 Å². The Morgan fingerprint density at radius 2 is 1.02 bits per heavy atom. The summed E-state index contributed by atoms with van der Waals surface area (Å²) in [6.07, 6.45) is -0.201. The summed E-state index contributed by atoms with van der Waals surface area (Å²) in [6, 6.07) is 0. The molecule has 18 heteroatoms. The number of nitrogens with one attached hydrogen (secondary N) is 2. The molecule has 0 aliphatic heterocycles. The lowest BCUT2D eigenvalue weighted by molar-refractivity contribution is -0.769. The van der Waals surface area contributed by atoms with Gasteiger partial charge in [0.1, 0.15) is 12.2 Å². The van der Waals surface area contributed by atoms with Crippen LogP contribution in [0.15, 0.2) is 12.2 Å². The zero-order valence-electron chi connectivity index (χ0n) is 26.7. The highest BCUT2D eigenvalue weighted by Crippen LogP contribution is 2.36. The van der Waals surface area contributed by atoms with E-state index in [9.17, 15) is 39.4 Å². The molecule has 0 atom stereocenters. The Morgan fingerprint density at radius 3 is 1.28 bits per heavy atom. The van der Waals surface area contributed by atoms with E-state index >= 15 is 0 Å². The standard InChI is InChI=1S/C28H46N6O12/c1-25(2,15-29)17-31-23(37)27(11-7-19(8-12-27)45-33(39)40)43-21(35)5-6-22(36)44-28(24(38)32-18-26(3,4)16-30)13-9-20(10-14-28)46-34(41)42/h5-6,19-20H,7-18,29-30H2,1-4H3,(H,31,37)(H,32,38)/b6-5+. The van der Waals surface area contributed by atoms with E-state index in [2.05, 4.69) is 20.3 Å². The second-order valence-corrected chi connectivity index (χ2v) is 13.3. The summed E-state index contributed by atoms with van der Waals surface area (Å²) in [4.78, 5) is 83.2. The van der Waals surface area contributed by atoms with Crippen LogP contribution >= 0.6 is 0 Å². The van der Waals surface area contributed by atoms with Crippen LogP contribution in [0.25, 0.3) is 0 Å². The van der Waals surface area contributed by atoms with Gasteiger partial charge in [0, 0.05) is 25.2 Å². The second kappa shape index (κ2) is 16.0. The number of nitrogens with two attached hydrogens (primary N) is 2. The third-order valence-corrected chi connectivity index (χ3v) is 8.29. The van der Waals surface area contributed by atoms with E-state index in [1.165, 1.54) is 0 Å². The van der Waals surface area contributed by atoms with Crippen LogP contribution in [0.5, 0.6) is 0 Å². The van der Waals surface area contributed by atoms with Gasteiger partial charge in [-0.3, -0.25) is 9.59 Å². The number of esters is 2. The number of carbonyl (C=O) groups is 4. The van der Waals surface area contributed by atoms with E-state index in [1.807, 2.05) is 27.7 Å². The highest BCUT2D eigenvalue weighted by molar-refractivity contribution is 5.96. The quantitative estimate of drug-likeness (QED) is 0.0766. The molecule has 2 aliphatic rings. The van der Waals surface area contributed by atoms with Gasteiger partial charge in [0.15, 0.2) is 11.2 Å². The van der Waals surface area contributed by atoms with Crippen LogP contribution in [0.3, 0.4) is 0 Å². The molecule has 18 nitrogen and oxygen atoms in total. The fourth-order valence-electron chi connectivity index (χ4n) is 5.02. The van der Waals surface area contributed by atoms with Crippen molar-refractivity contribution in [1.82, 2.24) is 10.6 Å². The number of carbonyl (C=O) groups excluding carboxylic acids is 4. The van der Waals surface area contributed by atoms with Gasteiger partial charge in [-0.15, -0.1) is 20.2 Å². The van der Waals surface area contributed by atoms with Crippen LogP contribution < -0.4 is 22.1 Å². The highest BCUT2D eigenvalue weighted by Gasteiger charge is 2.48. The Balaban J connectivity index is 2.17. The topological polar surface area (TPSA) is 268 Å². The summed E-state index contributed by atoms with van der Waals surface area (Å²) in [6.45, 7) is 8.17. The molecule has 46 heavy (non-hydrogen) atoms. The number of amides is 2. The molecule has 0 aromatic rings. The van der Waals surface area contributed by atoms with E-state index in [4.69, 9.17) is 20.9 Å². The molecule has 2 rings (SSSR count). The second-order valence-electron chi connectivity index (χ2n) is 13.3. The van der Waals surface area contributed by atoms with Gasteiger partial charge in [-0.05, 0) is 75.3 Å². The molecular formula is C28H46N6O12. The Bertz CT molecular complexity index is 1070. The fourth-order valence-corrected chi connectivity index (χ4v) is 5.02. The Labute approximate surface area is 266 Å². The van der Waals surface area contributed by atoms with Gasteiger partial charge in [0.2, 0.25) is 0 Å². The zero-order valence-corrected chi connectivity index (χ0v) is 26.7. The van der Waals surface area contributed by atoms with Crippen molar-refractivity contribution >= 4 is 23.8 Å².